The van der Waals surface area contributed by atoms with Crippen LogP contribution in [0.4, 0.5) is 0 Å². The van der Waals surface area contributed by atoms with Crippen LogP contribution in [0, 0.1) is 0 Å². The van der Waals surface area contributed by atoms with E-state index in [2.05, 4.69) is 149 Å². The maximum atomic E-state index is 2.47. The summed E-state index contributed by atoms with van der Waals surface area (Å²) in [5, 5.41) is 8.83. The minimum absolute atomic E-state index is 0. The molecule has 0 aliphatic rings. The van der Waals surface area contributed by atoms with Gasteiger partial charge >= 0.3 is 26.2 Å². The normalized spacial score (nSPS) is 10.7. The summed E-state index contributed by atoms with van der Waals surface area (Å²) in [7, 11) is 0.0319. The van der Waals surface area contributed by atoms with Crippen molar-refractivity contribution in [2.24, 2.45) is 0 Å². The van der Waals surface area contributed by atoms with E-state index in [1.54, 1.807) is 10.6 Å². The first-order valence-electron chi connectivity index (χ1n) is 16.7. The molecule has 47 heavy (non-hydrogen) atoms. The Morgan fingerprint density at radius 1 is 0.447 bits per heavy atom. The maximum absolute atomic E-state index is 2.47. The van der Waals surface area contributed by atoms with Gasteiger partial charge in [0.15, 0.2) is 0 Å². The van der Waals surface area contributed by atoms with Crippen LogP contribution >= 0.6 is 15.8 Å². The molecule has 0 nitrogen and oxygen atoms in total. The Morgan fingerprint density at radius 2 is 0.787 bits per heavy atom. The molecule has 0 saturated heterocycles. The first-order chi connectivity index (χ1) is 21.7. The van der Waals surface area contributed by atoms with E-state index in [1.165, 1.54) is 94.1 Å². The van der Waals surface area contributed by atoms with E-state index in [0.29, 0.717) is 0 Å². The van der Waals surface area contributed by atoms with E-state index >= 15 is 0 Å². The second-order valence-electron chi connectivity index (χ2n) is 11.8. The van der Waals surface area contributed by atoms with E-state index < -0.39 is 0 Å². The van der Waals surface area contributed by atoms with Crippen LogP contribution in [-0.4, -0.2) is 24.6 Å². The molecule has 6 aromatic rings. The SMILES string of the molecule is CCCP(CCC)c1cc2c(-c3ccccc3)cccc2[cH-]1.CCCP(CCC)c1cc2c(-c3ccccc3)cccc2[cH-]1.[Cl-].[Cl-].[Zr+4]. The van der Waals surface area contributed by atoms with Crippen LogP contribution in [0.1, 0.15) is 53.4 Å². The van der Waals surface area contributed by atoms with E-state index in [1.807, 2.05) is 0 Å². The number of benzene rings is 4. The first-order valence-corrected chi connectivity index (χ1v) is 20.1. The fraction of sp³-hybridized carbons (Fsp3) is 0.286. The van der Waals surface area contributed by atoms with Gasteiger partial charge in [-0.1, -0.05) is 153 Å². The third-order valence-corrected chi connectivity index (χ3v) is 14.3. The number of halogens is 2. The zero-order valence-corrected chi connectivity index (χ0v) is 34.1. The fourth-order valence-electron chi connectivity index (χ4n) is 6.36. The molecule has 0 amide bonds. The van der Waals surface area contributed by atoms with Crippen molar-refractivity contribution in [3.05, 3.63) is 121 Å². The minimum Gasteiger partial charge on any atom is -1.00 e. The molecule has 0 aromatic heterocycles. The molecular weight excluding hydrogens is 729 g/mol. The van der Waals surface area contributed by atoms with E-state index in [9.17, 15) is 0 Å². The van der Waals surface area contributed by atoms with Crippen LogP contribution in [0.25, 0.3) is 43.8 Å². The summed E-state index contributed by atoms with van der Waals surface area (Å²) in [5.41, 5.74) is 5.38. The van der Waals surface area contributed by atoms with Gasteiger partial charge in [-0.05, 0) is 35.8 Å². The molecule has 244 valence electrons. The van der Waals surface area contributed by atoms with Crippen LogP contribution in [0.3, 0.4) is 0 Å². The standard InChI is InChI=1S/2C21H24P.2ClH.Zr/c2*1-3-13-22(14-4-2)19-15-18-11-8-12-20(21(18)16-19)17-9-6-5-7-10-17;;;/h2*5-12,15-16H,3-4,13-14H2,1-2H3;2*1H;/q2*-1;;;+4/p-2. The third-order valence-electron chi connectivity index (χ3n) is 8.34. The molecule has 6 aromatic carbocycles. The van der Waals surface area contributed by atoms with Gasteiger partial charge in [-0.2, -0.15) is 12.1 Å². The summed E-state index contributed by atoms with van der Waals surface area (Å²) in [6.07, 6.45) is 10.6. The summed E-state index contributed by atoms with van der Waals surface area (Å²) < 4.78 is 0. The quantitative estimate of drug-likeness (QED) is 0.101. The molecule has 0 saturated carbocycles. The number of hydrogen-bond donors (Lipinski definition) is 0. The largest absolute Gasteiger partial charge is 4.00 e. The molecule has 0 atom stereocenters. The average Bonchev–Trinajstić information content (AvgIpc) is 3.71. The molecule has 0 N–H and O–H groups in total. The van der Waals surface area contributed by atoms with Crippen molar-refractivity contribution in [1.29, 1.82) is 0 Å². The molecule has 0 bridgehead atoms. The van der Waals surface area contributed by atoms with Gasteiger partial charge in [-0.15, -0.1) is 68.6 Å². The molecule has 0 aliphatic heterocycles. The monoisotopic (exact) mass is 774 g/mol. The smallest absolute Gasteiger partial charge is 1.00 e. The van der Waals surface area contributed by atoms with Gasteiger partial charge in [-0.3, -0.25) is 0 Å². The zero-order chi connectivity index (χ0) is 30.7. The van der Waals surface area contributed by atoms with Crippen molar-refractivity contribution in [3.8, 4) is 22.3 Å². The Morgan fingerprint density at radius 3 is 1.11 bits per heavy atom. The zero-order valence-electron chi connectivity index (χ0n) is 28.4. The van der Waals surface area contributed by atoms with Crippen molar-refractivity contribution in [3.63, 3.8) is 0 Å². The number of hydrogen-bond acceptors (Lipinski definition) is 0. The fourth-order valence-corrected chi connectivity index (χ4v) is 11.3. The molecule has 5 heteroatoms. The Labute approximate surface area is 318 Å². The molecule has 0 fully saturated rings. The van der Waals surface area contributed by atoms with E-state index in [0.717, 1.165) is 0 Å². The summed E-state index contributed by atoms with van der Waals surface area (Å²) in [5.74, 6) is 0. The van der Waals surface area contributed by atoms with Gasteiger partial charge in [0.2, 0.25) is 0 Å². The summed E-state index contributed by atoms with van der Waals surface area (Å²) in [4.78, 5) is 0. The molecule has 6 rings (SSSR count). The van der Waals surface area contributed by atoms with Crippen LogP contribution in [0.15, 0.2) is 121 Å². The van der Waals surface area contributed by atoms with E-state index in [-0.39, 0.29) is 66.9 Å². The summed E-state index contributed by atoms with van der Waals surface area (Å²) >= 11 is 0. The van der Waals surface area contributed by atoms with Crippen molar-refractivity contribution in [1.82, 2.24) is 0 Å². The second-order valence-corrected chi connectivity index (χ2v) is 16.7. The molecule has 0 aliphatic carbocycles. The van der Waals surface area contributed by atoms with Crippen LogP contribution in [0.5, 0.6) is 0 Å². The number of fused-ring (bicyclic) bond motifs is 2. The van der Waals surface area contributed by atoms with Gasteiger partial charge in [0, 0.05) is 0 Å². The average molecular weight is 777 g/mol. The van der Waals surface area contributed by atoms with Crippen molar-refractivity contribution in [2.45, 2.75) is 53.4 Å². The predicted octanol–water partition coefficient (Wildman–Crippen LogP) is 6.31. The van der Waals surface area contributed by atoms with Crippen LogP contribution in [0.2, 0.25) is 0 Å². The minimum atomic E-state index is 0. The van der Waals surface area contributed by atoms with Crippen molar-refractivity contribution >= 4 is 48.0 Å². The molecule has 0 unspecified atom stereocenters. The van der Waals surface area contributed by atoms with Crippen molar-refractivity contribution in [2.75, 3.05) is 24.6 Å². The second kappa shape index (κ2) is 21.5. The van der Waals surface area contributed by atoms with Gasteiger partial charge in [0.1, 0.15) is 0 Å². The summed E-state index contributed by atoms with van der Waals surface area (Å²) in [6, 6.07) is 44.7. The topological polar surface area (TPSA) is 0 Å². The molecule has 0 radical (unpaired) electrons. The maximum Gasteiger partial charge on any atom is 4.00 e. The Bertz CT molecular complexity index is 1580. The van der Waals surface area contributed by atoms with Crippen LogP contribution in [-0.2, 0) is 26.2 Å². The molecule has 0 spiro atoms. The molecular formula is C42H48Cl2P2Zr. The first kappa shape index (κ1) is 41.6. The van der Waals surface area contributed by atoms with E-state index in [4.69, 9.17) is 0 Å². The Hall–Kier alpha value is -1.58. The summed E-state index contributed by atoms with van der Waals surface area (Å²) in [6.45, 7) is 9.23. The number of rotatable bonds is 12. The Kier molecular flexibility index (Phi) is 19.0. The molecule has 0 heterocycles. The van der Waals surface area contributed by atoms with Gasteiger partial charge in [0.25, 0.3) is 0 Å². The van der Waals surface area contributed by atoms with Gasteiger partial charge in [-0.25, -0.2) is 0 Å². The van der Waals surface area contributed by atoms with Crippen LogP contribution < -0.4 is 35.4 Å². The predicted molar refractivity (Wildman–Crippen MR) is 204 cm³/mol. The van der Waals surface area contributed by atoms with Gasteiger partial charge < -0.3 is 24.8 Å². The Balaban J connectivity index is 0.000000307. The third kappa shape index (κ3) is 10.7. The van der Waals surface area contributed by atoms with Crippen molar-refractivity contribution < 1.29 is 51.0 Å². The van der Waals surface area contributed by atoms with Gasteiger partial charge in [0.05, 0.1) is 0 Å².